The number of rotatable bonds is 4. The highest BCUT2D eigenvalue weighted by molar-refractivity contribution is 6.30. The van der Waals surface area contributed by atoms with Crippen molar-refractivity contribution in [1.82, 2.24) is 4.90 Å². The summed E-state index contributed by atoms with van der Waals surface area (Å²) < 4.78 is 0. The zero-order valence-corrected chi connectivity index (χ0v) is 14.9. The fourth-order valence-corrected chi connectivity index (χ4v) is 3.71. The maximum Gasteiger partial charge on any atom is 0.0407 e. The number of anilines is 1. The summed E-state index contributed by atoms with van der Waals surface area (Å²) in [5.41, 5.74) is 4.26. The smallest absolute Gasteiger partial charge is 0.0407 e. The summed E-state index contributed by atoms with van der Waals surface area (Å²) in [5, 5.41) is 0.810. The van der Waals surface area contributed by atoms with Crippen LogP contribution < -0.4 is 4.90 Å². The first kappa shape index (κ1) is 16.6. The van der Waals surface area contributed by atoms with Crippen molar-refractivity contribution in [3.63, 3.8) is 0 Å². The number of hydrogen-bond acceptors (Lipinski definition) is 2. The van der Waals surface area contributed by atoms with E-state index in [1.807, 2.05) is 12.1 Å². The van der Waals surface area contributed by atoms with Crippen molar-refractivity contribution in [3.8, 4) is 0 Å². The Morgan fingerprint density at radius 3 is 2.43 bits per heavy atom. The lowest BCUT2D eigenvalue weighted by atomic mass is 9.85. The van der Waals surface area contributed by atoms with Crippen molar-refractivity contribution in [1.29, 1.82) is 0 Å². The summed E-state index contributed by atoms with van der Waals surface area (Å²) in [6.07, 6.45) is 6.19. The first-order chi connectivity index (χ1) is 11.1. The molecule has 1 aromatic carbocycles. The maximum absolute atomic E-state index is 5.97. The number of halogens is 1. The van der Waals surface area contributed by atoms with Crippen LogP contribution >= 0.6 is 11.6 Å². The lowest BCUT2D eigenvalue weighted by Gasteiger charge is -2.37. The minimum Gasteiger partial charge on any atom is -0.369 e. The van der Waals surface area contributed by atoms with Crippen LogP contribution in [-0.2, 0) is 0 Å². The van der Waals surface area contributed by atoms with Crippen LogP contribution in [0.1, 0.15) is 26.2 Å². The van der Waals surface area contributed by atoms with E-state index in [1.165, 1.54) is 30.5 Å². The van der Waals surface area contributed by atoms with E-state index in [4.69, 9.17) is 11.6 Å². The Hall–Kier alpha value is -1.25. The van der Waals surface area contributed by atoms with Gasteiger partial charge in [-0.05, 0) is 56.4 Å². The lowest BCUT2D eigenvalue weighted by Crippen LogP contribution is -2.47. The second-order valence-electron chi connectivity index (χ2n) is 6.92. The van der Waals surface area contributed by atoms with Crippen LogP contribution in [0, 0.1) is 5.92 Å². The monoisotopic (exact) mass is 330 g/mol. The molecular weight excluding hydrogens is 304 g/mol. The zero-order chi connectivity index (χ0) is 16.2. The molecule has 1 heterocycles. The van der Waals surface area contributed by atoms with Gasteiger partial charge in [0.25, 0.3) is 0 Å². The van der Waals surface area contributed by atoms with Gasteiger partial charge < -0.3 is 4.90 Å². The van der Waals surface area contributed by atoms with E-state index in [0.29, 0.717) is 5.92 Å². The minimum atomic E-state index is 0.709. The second-order valence-corrected chi connectivity index (χ2v) is 7.36. The Bertz CT molecular complexity index is 568. The molecule has 1 aliphatic carbocycles. The summed E-state index contributed by atoms with van der Waals surface area (Å²) in [5.74, 6) is 0.709. The topological polar surface area (TPSA) is 6.48 Å². The number of allylic oxidation sites excluding steroid dienone is 2. The molecule has 0 spiro atoms. The van der Waals surface area contributed by atoms with Crippen molar-refractivity contribution in [3.05, 3.63) is 53.1 Å². The van der Waals surface area contributed by atoms with E-state index in [0.717, 1.165) is 37.7 Å². The fourth-order valence-electron chi connectivity index (χ4n) is 3.58. The van der Waals surface area contributed by atoms with Gasteiger partial charge >= 0.3 is 0 Å². The van der Waals surface area contributed by atoms with Gasteiger partial charge in [0, 0.05) is 43.4 Å². The minimum absolute atomic E-state index is 0.709. The van der Waals surface area contributed by atoms with Crippen LogP contribution in [0.25, 0.3) is 0 Å². The Kier molecular flexibility index (Phi) is 5.45. The standard InChI is InChI=1S/C20H27ClN2/c1-16(2)18-5-3-17(4-6-18)15-22-11-13-23(14-12-22)20-9-7-19(21)8-10-20/h3,7-10,18H,1,4-6,11-15H2,2H3/t18-/m0/s1. The molecule has 3 heteroatoms. The summed E-state index contributed by atoms with van der Waals surface area (Å²) in [6.45, 7) is 11.9. The predicted molar refractivity (Wildman–Crippen MR) is 100 cm³/mol. The first-order valence-corrected chi connectivity index (χ1v) is 9.06. The van der Waals surface area contributed by atoms with Crippen molar-refractivity contribution in [2.75, 3.05) is 37.6 Å². The molecule has 0 N–H and O–H groups in total. The summed E-state index contributed by atoms with van der Waals surface area (Å²) in [7, 11) is 0. The third-order valence-corrected chi connectivity index (χ3v) is 5.44. The molecular formula is C20H27ClN2. The van der Waals surface area contributed by atoms with Gasteiger partial charge in [0.1, 0.15) is 0 Å². The van der Waals surface area contributed by atoms with E-state index >= 15 is 0 Å². The average Bonchev–Trinajstić information content (AvgIpc) is 2.57. The first-order valence-electron chi connectivity index (χ1n) is 8.68. The molecule has 2 aliphatic rings. The normalized spacial score (nSPS) is 22.8. The fraction of sp³-hybridized carbons (Fsp3) is 0.500. The van der Waals surface area contributed by atoms with Crippen LogP contribution in [0.2, 0.25) is 5.02 Å². The number of piperazine rings is 1. The molecule has 0 unspecified atom stereocenters. The van der Waals surface area contributed by atoms with Crippen LogP contribution in [0.5, 0.6) is 0 Å². The molecule has 1 saturated heterocycles. The Morgan fingerprint density at radius 1 is 1.17 bits per heavy atom. The Morgan fingerprint density at radius 2 is 1.87 bits per heavy atom. The maximum atomic E-state index is 5.97. The molecule has 0 amide bonds. The van der Waals surface area contributed by atoms with Gasteiger partial charge in [-0.2, -0.15) is 0 Å². The molecule has 23 heavy (non-hydrogen) atoms. The van der Waals surface area contributed by atoms with Gasteiger partial charge in [0.2, 0.25) is 0 Å². The van der Waals surface area contributed by atoms with E-state index in [-0.39, 0.29) is 0 Å². The third kappa shape index (κ3) is 4.39. The van der Waals surface area contributed by atoms with Crippen molar-refractivity contribution in [2.24, 2.45) is 5.92 Å². The summed E-state index contributed by atoms with van der Waals surface area (Å²) >= 11 is 5.97. The van der Waals surface area contributed by atoms with Crippen molar-refractivity contribution in [2.45, 2.75) is 26.2 Å². The SMILES string of the molecule is C=C(C)[C@H]1CC=C(CN2CCN(c3ccc(Cl)cc3)CC2)CC1. The molecule has 124 valence electrons. The van der Waals surface area contributed by atoms with Crippen molar-refractivity contribution < 1.29 is 0 Å². The molecule has 1 aliphatic heterocycles. The lowest BCUT2D eigenvalue weighted by molar-refractivity contribution is 0.273. The van der Waals surface area contributed by atoms with Crippen LogP contribution in [0.15, 0.2) is 48.1 Å². The van der Waals surface area contributed by atoms with Crippen LogP contribution in [0.3, 0.4) is 0 Å². The summed E-state index contributed by atoms with van der Waals surface area (Å²) in [4.78, 5) is 5.05. The molecule has 0 radical (unpaired) electrons. The van der Waals surface area contributed by atoms with Crippen LogP contribution in [-0.4, -0.2) is 37.6 Å². The number of benzene rings is 1. The van der Waals surface area contributed by atoms with Gasteiger partial charge in [0.05, 0.1) is 0 Å². The van der Waals surface area contributed by atoms with Gasteiger partial charge in [-0.3, -0.25) is 4.90 Å². The largest absolute Gasteiger partial charge is 0.369 e. The van der Waals surface area contributed by atoms with E-state index in [2.05, 4.69) is 41.5 Å². The number of nitrogens with zero attached hydrogens (tertiary/aromatic N) is 2. The Labute approximate surface area is 145 Å². The molecule has 0 bridgehead atoms. The highest BCUT2D eigenvalue weighted by atomic mass is 35.5. The van der Waals surface area contributed by atoms with E-state index in [1.54, 1.807) is 5.57 Å². The van der Waals surface area contributed by atoms with Crippen LogP contribution in [0.4, 0.5) is 5.69 Å². The highest BCUT2D eigenvalue weighted by Gasteiger charge is 2.20. The van der Waals surface area contributed by atoms with Gasteiger partial charge in [0.15, 0.2) is 0 Å². The molecule has 1 atom stereocenters. The van der Waals surface area contributed by atoms with Gasteiger partial charge in [-0.1, -0.05) is 35.4 Å². The quantitative estimate of drug-likeness (QED) is 0.734. The third-order valence-electron chi connectivity index (χ3n) is 5.19. The van der Waals surface area contributed by atoms with E-state index < -0.39 is 0 Å². The zero-order valence-electron chi connectivity index (χ0n) is 14.1. The molecule has 0 aromatic heterocycles. The van der Waals surface area contributed by atoms with Gasteiger partial charge in [-0.15, -0.1) is 0 Å². The molecule has 1 fully saturated rings. The number of hydrogen-bond donors (Lipinski definition) is 0. The molecule has 1 aromatic rings. The molecule has 3 rings (SSSR count). The molecule has 2 nitrogen and oxygen atoms in total. The molecule has 0 saturated carbocycles. The second kappa shape index (κ2) is 7.55. The highest BCUT2D eigenvalue weighted by Crippen LogP contribution is 2.29. The average molecular weight is 331 g/mol. The van der Waals surface area contributed by atoms with Gasteiger partial charge in [-0.25, -0.2) is 0 Å². The Balaban J connectivity index is 1.48. The van der Waals surface area contributed by atoms with E-state index in [9.17, 15) is 0 Å². The summed E-state index contributed by atoms with van der Waals surface area (Å²) in [6, 6.07) is 8.21. The van der Waals surface area contributed by atoms with Crippen molar-refractivity contribution >= 4 is 17.3 Å². The predicted octanol–water partition coefficient (Wildman–Crippen LogP) is 4.76.